The number of nitrogens with zero attached hydrogens (tertiary/aromatic N) is 1. The van der Waals surface area contributed by atoms with Crippen LogP contribution in [-0.4, -0.2) is 22.1 Å². The van der Waals surface area contributed by atoms with Crippen LogP contribution in [-0.2, 0) is 6.18 Å². The van der Waals surface area contributed by atoms with Crippen LogP contribution in [0.15, 0.2) is 6.07 Å². The predicted molar refractivity (Wildman–Crippen MR) is 44.1 cm³/mol. The zero-order chi connectivity index (χ0) is 11.1. The van der Waals surface area contributed by atoms with Crippen molar-refractivity contribution in [2.24, 2.45) is 0 Å². The standard InChI is InChI=1S/C8H8F3N3O/c9-8(10,11)6-3-5(13-14-6)7(15)12-4-1-2-4/h3-4H,1-2H2,(H,12,15)(H,13,14). The van der Waals surface area contributed by atoms with Crippen molar-refractivity contribution in [2.45, 2.75) is 25.1 Å². The Morgan fingerprint density at radius 3 is 2.67 bits per heavy atom. The third-order valence-corrected chi connectivity index (χ3v) is 2.03. The van der Waals surface area contributed by atoms with Gasteiger partial charge in [-0.2, -0.15) is 18.3 Å². The highest BCUT2D eigenvalue weighted by Gasteiger charge is 2.34. The van der Waals surface area contributed by atoms with Gasteiger partial charge in [0.25, 0.3) is 5.91 Å². The molecule has 0 aromatic carbocycles. The molecule has 1 aliphatic carbocycles. The second-order valence-corrected chi connectivity index (χ2v) is 3.41. The summed E-state index contributed by atoms with van der Waals surface area (Å²) in [5.74, 6) is -0.566. The van der Waals surface area contributed by atoms with E-state index in [1.165, 1.54) is 0 Å². The first-order chi connectivity index (χ1) is 6.97. The lowest BCUT2D eigenvalue weighted by molar-refractivity contribution is -0.141. The van der Waals surface area contributed by atoms with E-state index in [1.54, 1.807) is 5.10 Å². The number of aromatic amines is 1. The molecule has 1 heterocycles. The molecule has 15 heavy (non-hydrogen) atoms. The van der Waals surface area contributed by atoms with Crippen LogP contribution < -0.4 is 5.32 Å². The summed E-state index contributed by atoms with van der Waals surface area (Å²) < 4.78 is 36.4. The molecule has 0 bridgehead atoms. The van der Waals surface area contributed by atoms with Gasteiger partial charge in [-0.25, -0.2) is 0 Å². The summed E-state index contributed by atoms with van der Waals surface area (Å²) in [6.07, 6.45) is -2.74. The topological polar surface area (TPSA) is 57.8 Å². The van der Waals surface area contributed by atoms with Crippen molar-refractivity contribution in [1.82, 2.24) is 15.5 Å². The summed E-state index contributed by atoms with van der Waals surface area (Å²) in [6, 6.07) is 0.807. The lowest BCUT2D eigenvalue weighted by Gasteiger charge is -2.00. The van der Waals surface area contributed by atoms with E-state index < -0.39 is 17.8 Å². The fourth-order valence-electron chi connectivity index (χ4n) is 1.07. The van der Waals surface area contributed by atoms with Crippen LogP contribution in [0.5, 0.6) is 0 Å². The number of aromatic nitrogens is 2. The van der Waals surface area contributed by atoms with Crippen LogP contribution in [0.3, 0.4) is 0 Å². The van der Waals surface area contributed by atoms with Crippen molar-refractivity contribution in [3.63, 3.8) is 0 Å². The molecule has 1 aromatic heterocycles. The lowest BCUT2D eigenvalue weighted by Crippen LogP contribution is -2.25. The van der Waals surface area contributed by atoms with Gasteiger partial charge in [-0.05, 0) is 12.8 Å². The van der Waals surface area contributed by atoms with E-state index in [9.17, 15) is 18.0 Å². The molecule has 1 amide bonds. The zero-order valence-corrected chi connectivity index (χ0v) is 7.56. The van der Waals surface area contributed by atoms with Gasteiger partial charge >= 0.3 is 6.18 Å². The van der Waals surface area contributed by atoms with Crippen molar-refractivity contribution >= 4 is 5.91 Å². The Kier molecular flexibility index (Phi) is 2.17. The monoisotopic (exact) mass is 219 g/mol. The van der Waals surface area contributed by atoms with Crippen molar-refractivity contribution in [3.05, 3.63) is 17.5 Å². The van der Waals surface area contributed by atoms with Gasteiger partial charge in [-0.15, -0.1) is 0 Å². The minimum atomic E-state index is -4.49. The summed E-state index contributed by atoms with van der Waals surface area (Å²) in [5, 5.41) is 7.64. The summed E-state index contributed by atoms with van der Waals surface area (Å²) in [5.41, 5.74) is -1.24. The van der Waals surface area contributed by atoms with Crippen LogP contribution in [0.25, 0.3) is 0 Å². The van der Waals surface area contributed by atoms with Crippen molar-refractivity contribution < 1.29 is 18.0 Å². The molecule has 0 unspecified atom stereocenters. The zero-order valence-electron chi connectivity index (χ0n) is 7.56. The van der Waals surface area contributed by atoms with Gasteiger partial charge in [-0.1, -0.05) is 0 Å². The molecule has 7 heteroatoms. The van der Waals surface area contributed by atoms with Crippen molar-refractivity contribution in [2.75, 3.05) is 0 Å². The molecule has 0 radical (unpaired) electrons. The van der Waals surface area contributed by atoms with Gasteiger partial charge in [0.05, 0.1) is 0 Å². The molecule has 0 atom stereocenters. The molecule has 1 fully saturated rings. The quantitative estimate of drug-likeness (QED) is 0.788. The van der Waals surface area contributed by atoms with E-state index >= 15 is 0 Å². The number of hydrogen-bond donors (Lipinski definition) is 2. The van der Waals surface area contributed by atoms with E-state index in [4.69, 9.17) is 0 Å². The Morgan fingerprint density at radius 1 is 1.53 bits per heavy atom. The molecule has 0 saturated heterocycles. The first-order valence-corrected chi connectivity index (χ1v) is 4.40. The number of carbonyl (C=O) groups is 1. The Morgan fingerprint density at radius 2 is 2.20 bits per heavy atom. The number of rotatable bonds is 2. The Labute approximate surface area is 82.9 Å². The highest BCUT2D eigenvalue weighted by molar-refractivity contribution is 5.92. The minimum absolute atomic E-state index is 0.100. The predicted octanol–water partition coefficient (Wildman–Crippen LogP) is 1.32. The van der Waals surface area contributed by atoms with Gasteiger partial charge < -0.3 is 5.32 Å². The average Bonchev–Trinajstić information content (AvgIpc) is 2.80. The largest absolute Gasteiger partial charge is 0.432 e. The van der Waals surface area contributed by atoms with E-state index in [2.05, 4.69) is 10.4 Å². The van der Waals surface area contributed by atoms with E-state index in [1.807, 2.05) is 0 Å². The maximum absolute atomic E-state index is 12.1. The maximum atomic E-state index is 12.1. The number of halogens is 3. The number of H-pyrrole nitrogens is 1. The molecule has 1 aliphatic rings. The summed E-state index contributed by atoms with van der Waals surface area (Å²) in [7, 11) is 0. The highest BCUT2D eigenvalue weighted by Crippen LogP contribution is 2.27. The molecule has 1 aromatic rings. The summed E-state index contributed by atoms with van der Waals surface area (Å²) in [4.78, 5) is 11.3. The van der Waals surface area contributed by atoms with Gasteiger partial charge in [0.2, 0.25) is 0 Å². The smallest absolute Gasteiger partial charge is 0.348 e. The van der Waals surface area contributed by atoms with E-state index in [0.717, 1.165) is 12.8 Å². The molecular weight excluding hydrogens is 211 g/mol. The molecule has 2 N–H and O–H groups in total. The van der Waals surface area contributed by atoms with E-state index in [0.29, 0.717) is 6.07 Å². The molecular formula is C8H8F3N3O. The highest BCUT2D eigenvalue weighted by atomic mass is 19.4. The average molecular weight is 219 g/mol. The van der Waals surface area contributed by atoms with Crippen LogP contribution in [0.1, 0.15) is 29.0 Å². The fraction of sp³-hybridized carbons (Fsp3) is 0.500. The van der Waals surface area contributed by atoms with Crippen molar-refractivity contribution in [1.29, 1.82) is 0 Å². The lowest BCUT2D eigenvalue weighted by atomic mass is 10.3. The number of nitrogens with one attached hydrogen (secondary N) is 2. The maximum Gasteiger partial charge on any atom is 0.432 e. The van der Waals surface area contributed by atoms with Crippen LogP contribution >= 0.6 is 0 Å². The second kappa shape index (κ2) is 3.25. The Bertz CT molecular complexity index is 381. The summed E-state index contributed by atoms with van der Waals surface area (Å²) in [6.45, 7) is 0. The van der Waals surface area contributed by atoms with E-state index in [-0.39, 0.29) is 11.7 Å². The van der Waals surface area contributed by atoms with Crippen LogP contribution in [0.2, 0.25) is 0 Å². The molecule has 82 valence electrons. The first-order valence-electron chi connectivity index (χ1n) is 4.40. The van der Waals surface area contributed by atoms with Gasteiger partial charge in [0, 0.05) is 12.1 Å². The number of alkyl halides is 3. The second-order valence-electron chi connectivity index (χ2n) is 3.41. The molecule has 1 saturated carbocycles. The third kappa shape index (κ3) is 2.28. The van der Waals surface area contributed by atoms with Crippen LogP contribution in [0, 0.1) is 0 Å². The van der Waals surface area contributed by atoms with Gasteiger partial charge in [0.15, 0.2) is 5.69 Å². The molecule has 4 nitrogen and oxygen atoms in total. The molecule has 0 aliphatic heterocycles. The number of amides is 1. The third-order valence-electron chi connectivity index (χ3n) is 2.03. The summed E-state index contributed by atoms with van der Waals surface area (Å²) >= 11 is 0. The normalized spacial score (nSPS) is 16.5. The number of hydrogen-bond acceptors (Lipinski definition) is 2. The van der Waals surface area contributed by atoms with Crippen molar-refractivity contribution in [3.8, 4) is 0 Å². The minimum Gasteiger partial charge on any atom is -0.348 e. The van der Waals surface area contributed by atoms with Crippen LogP contribution in [0.4, 0.5) is 13.2 Å². The number of carbonyl (C=O) groups excluding carboxylic acids is 1. The Balaban J connectivity index is 2.08. The Hall–Kier alpha value is -1.53. The molecule has 2 rings (SSSR count). The fourth-order valence-corrected chi connectivity index (χ4v) is 1.07. The molecule has 0 spiro atoms. The SMILES string of the molecule is O=C(NC1CC1)c1cc(C(F)(F)F)[nH]n1. The first kappa shape index (κ1) is 10.0. The van der Waals surface area contributed by atoms with Gasteiger partial charge in [0.1, 0.15) is 5.69 Å². The van der Waals surface area contributed by atoms with Gasteiger partial charge in [-0.3, -0.25) is 9.89 Å².